The molecule has 1 aliphatic heterocycles. The number of nitriles is 1. The van der Waals surface area contributed by atoms with E-state index in [4.69, 9.17) is 30.8 Å². The van der Waals surface area contributed by atoms with Crippen molar-refractivity contribution in [3.63, 3.8) is 0 Å². The fourth-order valence-electron chi connectivity index (χ4n) is 6.23. The average molecular weight is 761 g/mol. The number of aromatic nitrogens is 2. The van der Waals surface area contributed by atoms with Crippen molar-refractivity contribution in [1.29, 1.82) is 5.26 Å². The molecule has 12 nitrogen and oxygen atoms in total. The summed E-state index contributed by atoms with van der Waals surface area (Å²) < 4.78 is 18.2. The Morgan fingerprint density at radius 1 is 0.964 bits per heavy atom. The van der Waals surface area contributed by atoms with E-state index in [0.29, 0.717) is 39.1 Å². The van der Waals surface area contributed by atoms with Crippen LogP contribution >= 0.6 is 11.6 Å². The van der Waals surface area contributed by atoms with Gasteiger partial charge in [0, 0.05) is 48.2 Å². The Labute approximate surface area is 324 Å². The number of carbonyl (C=O) groups is 1. The fourth-order valence-corrected chi connectivity index (χ4v) is 6.47. The molecule has 55 heavy (non-hydrogen) atoms. The van der Waals surface area contributed by atoms with Crippen molar-refractivity contribution in [1.82, 2.24) is 20.6 Å². The number of carboxylic acid groups (broad SMARTS) is 1. The third-order valence-corrected chi connectivity index (χ3v) is 9.90. The summed E-state index contributed by atoms with van der Waals surface area (Å²) in [5.41, 5.74) is 7.74. The van der Waals surface area contributed by atoms with E-state index in [9.17, 15) is 20.3 Å². The molecule has 4 N–H and O–H groups in total. The van der Waals surface area contributed by atoms with Crippen LogP contribution in [-0.2, 0) is 24.6 Å². The van der Waals surface area contributed by atoms with Crippen LogP contribution < -0.4 is 24.8 Å². The number of benzene rings is 3. The van der Waals surface area contributed by atoms with Gasteiger partial charge in [-0.15, -0.1) is 0 Å². The van der Waals surface area contributed by atoms with Crippen LogP contribution in [0.5, 0.6) is 17.4 Å². The van der Waals surface area contributed by atoms with E-state index >= 15 is 0 Å². The third-order valence-electron chi connectivity index (χ3n) is 9.60. The highest BCUT2D eigenvalue weighted by molar-refractivity contribution is 6.32. The van der Waals surface area contributed by atoms with E-state index in [0.717, 1.165) is 63.6 Å². The van der Waals surface area contributed by atoms with Crippen molar-refractivity contribution < 1.29 is 29.2 Å². The van der Waals surface area contributed by atoms with Crippen LogP contribution in [0.25, 0.3) is 22.4 Å². The second kappa shape index (κ2) is 17.0. The highest BCUT2D eigenvalue weighted by Gasteiger charge is 2.32. The monoisotopic (exact) mass is 760 g/mol. The van der Waals surface area contributed by atoms with Gasteiger partial charge in [-0.25, -0.2) is 4.98 Å². The van der Waals surface area contributed by atoms with Crippen molar-refractivity contribution >= 4 is 23.4 Å². The molecule has 0 fully saturated rings. The quantitative estimate of drug-likeness (QED) is 0.0932. The lowest BCUT2D eigenvalue weighted by atomic mass is 9.90. The zero-order chi connectivity index (χ0) is 39.1. The van der Waals surface area contributed by atoms with Gasteiger partial charge in [-0.2, -0.15) is 5.26 Å². The Hall–Kier alpha value is -6.00. The molecular weight excluding hydrogens is 720 g/mol. The Balaban J connectivity index is 1.26. The fraction of sp³-hybridized carbons (Fsp3) is 0.262. The van der Waals surface area contributed by atoms with Gasteiger partial charge in [0.25, 0.3) is 0 Å². The summed E-state index contributed by atoms with van der Waals surface area (Å²) in [6.45, 7) is 6.70. The molecule has 5 aromatic rings. The molecular formula is C42H41ClN6O6. The summed E-state index contributed by atoms with van der Waals surface area (Å²) in [7, 11) is 1.61. The smallest absolute Gasteiger partial charge is 0.326 e. The molecule has 0 amide bonds. The minimum absolute atomic E-state index is 0.0215. The lowest BCUT2D eigenvalue weighted by molar-refractivity contribution is -0.145. The number of hydrogen-bond donors (Lipinski definition) is 4. The first-order chi connectivity index (χ1) is 26.5. The van der Waals surface area contributed by atoms with Crippen molar-refractivity contribution in [2.24, 2.45) is 4.99 Å². The maximum atomic E-state index is 11.8. The number of halogens is 1. The van der Waals surface area contributed by atoms with Crippen LogP contribution in [0.1, 0.15) is 45.9 Å². The van der Waals surface area contributed by atoms with Gasteiger partial charge in [-0.1, -0.05) is 48.0 Å². The topological polar surface area (TPSA) is 171 Å². The van der Waals surface area contributed by atoms with Crippen LogP contribution in [0.15, 0.2) is 84.1 Å². The zero-order valence-electron chi connectivity index (χ0n) is 30.9. The van der Waals surface area contributed by atoms with Crippen molar-refractivity contribution in [3.8, 4) is 45.8 Å². The standard InChI is InChI=1S/C42H41ClN6O6/c1-25-29(7-5-8-31(25)32-9-6-10-33(26(32)2)36-12-11-34(40(49-36)53-4)39-46-13-14-47-39)23-55-38-17-37(54-22-28-15-27(18-44)19-45-20-28)30(16-35(38)43)21-48-42(3,24-50)41(51)52/h5-12,15-17,19-20,48,50H,13-14,21-24H2,1-4H3,(H,46,47)(H,51,52). The van der Waals surface area contributed by atoms with Crippen LogP contribution in [0.4, 0.5) is 0 Å². The van der Waals surface area contributed by atoms with Gasteiger partial charge < -0.3 is 29.7 Å². The molecule has 0 spiro atoms. The van der Waals surface area contributed by atoms with Gasteiger partial charge in [0.05, 0.1) is 42.1 Å². The minimum Gasteiger partial charge on any atom is -0.488 e. The lowest BCUT2D eigenvalue weighted by Crippen LogP contribution is -2.52. The number of pyridine rings is 2. The predicted molar refractivity (Wildman–Crippen MR) is 210 cm³/mol. The first-order valence-corrected chi connectivity index (χ1v) is 18.0. The van der Waals surface area contributed by atoms with E-state index in [1.54, 1.807) is 31.5 Å². The van der Waals surface area contributed by atoms with Crippen LogP contribution in [-0.4, -0.2) is 64.3 Å². The molecule has 0 aliphatic carbocycles. The van der Waals surface area contributed by atoms with Gasteiger partial charge >= 0.3 is 5.97 Å². The number of nitrogens with one attached hydrogen (secondary N) is 2. The largest absolute Gasteiger partial charge is 0.488 e. The number of ether oxygens (including phenoxy) is 3. The van der Waals surface area contributed by atoms with E-state index in [-0.39, 0.29) is 19.8 Å². The molecule has 13 heteroatoms. The van der Waals surface area contributed by atoms with Gasteiger partial charge in [0.2, 0.25) is 5.88 Å². The van der Waals surface area contributed by atoms with Crippen LogP contribution in [0.2, 0.25) is 5.02 Å². The highest BCUT2D eigenvalue weighted by atomic mass is 35.5. The SMILES string of the molecule is COc1nc(-c2cccc(-c3cccc(COc4cc(OCc5cncc(C#N)c5)c(CNC(C)(CO)C(=O)O)cc4Cl)c3C)c2C)ccc1C1=NCCN1. The van der Waals surface area contributed by atoms with Gasteiger partial charge in [0.1, 0.15) is 42.2 Å². The first-order valence-electron chi connectivity index (χ1n) is 17.6. The Kier molecular flexibility index (Phi) is 12.0. The number of rotatable bonds is 15. The molecule has 0 radical (unpaired) electrons. The van der Waals surface area contributed by atoms with Crippen molar-refractivity contribution in [3.05, 3.63) is 123 Å². The molecule has 2 aromatic heterocycles. The van der Waals surface area contributed by atoms with Crippen molar-refractivity contribution in [2.45, 2.75) is 46.1 Å². The molecule has 1 unspecified atom stereocenters. The summed E-state index contributed by atoms with van der Waals surface area (Å²) in [5, 5.41) is 35.2. The van der Waals surface area contributed by atoms with Gasteiger partial charge in [-0.3, -0.25) is 20.1 Å². The number of methoxy groups -OCH3 is 1. The number of hydrogen-bond acceptors (Lipinski definition) is 11. The Morgan fingerprint density at radius 2 is 1.71 bits per heavy atom. The normalized spacial score (nSPS) is 13.3. The summed E-state index contributed by atoms with van der Waals surface area (Å²) in [6.07, 6.45) is 3.06. The molecule has 6 rings (SSSR count). The molecule has 3 aromatic carbocycles. The predicted octanol–water partition coefficient (Wildman–Crippen LogP) is 6.39. The van der Waals surface area contributed by atoms with E-state index < -0.39 is 18.1 Å². The van der Waals surface area contributed by atoms with Crippen molar-refractivity contribution in [2.75, 3.05) is 26.8 Å². The first kappa shape index (κ1) is 38.7. The molecule has 0 bridgehead atoms. The highest BCUT2D eigenvalue weighted by Crippen LogP contribution is 2.37. The Morgan fingerprint density at radius 3 is 2.42 bits per heavy atom. The minimum atomic E-state index is -1.60. The molecule has 1 atom stereocenters. The average Bonchev–Trinajstić information content (AvgIpc) is 3.74. The number of nitrogens with zero attached hydrogens (tertiary/aromatic N) is 4. The maximum Gasteiger partial charge on any atom is 0.326 e. The summed E-state index contributed by atoms with van der Waals surface area (Å²) in [5.74, 6) is 0.828. The van der Waals surface area contributed by atoms with E-state index in [1.807, 2.05) is 30.3 Å². The van der Waals surface area contributed by atoms with E-state index in [1.165, 1.54) is 13.1 Å². The van der Waals surface area contributed by atoms with Crippen LogP contribution in [0, 0.1) is 25.2 Å². The lowest BCUT2D eigenvalue weighted by Gasteiger charge is -2.25. The molecule has 282 valence electrons. The van der Waals surface area contributed by atoms with E-state index in [2.05, 4.69) is 58.7 Å². The second-order valence-electron chi connectivity index (χ2n) is 13.3. The number of carboxylic acids is 1. The summed E-state index contributed by atoms with van der Waals surface area (Å²) in [6, 6.07) is 23.3. The maximum absolute atomic E-state index is 11.8. The number of amidine groups is 1. The summed E-state index contributed by atoms with van der Waals surface area (Å²) in [4.78, 5) is 25.3. The number of aliphatic carboxylic acids is 1. The molecule has 0 saturated carbocycles. The molecule has 1 aliphatic rings. The Bertz CT molecular complexity index is 2310. The third kappa shape index (κ3) is 8.55. The number of aliphatic imine (C=N–C) groups is 1. The van der Waals surface area contributed by atoms with Gasteiger partial charge in [-0.05, 0) is 72.9 Å². The number of aliphatic hydroxyl groups is 1. The summed E-state index contributed by atoms with van der Waals surface area (Å²) >= 11 is 6.76. The van der Waals surface area contributed by atoms with Gasteiger partial charge in [0.15, 0.2) is 0 Å². The zero-order valence-corrected chi connectivity index (χ0v) is 31.7. The number of aliphatic hydroxyl groups excluding tert-OH is 1. The van der Waals surface area contributed by atoms with Crippen LogP contribution in [0.3, 0.4) is 0 Å². The molecule has 3 heterocycles. The molecule has 0 saturated heterocycles. The second-order valence-corrected chi connectivity index (χ2v) is 13.7.